The van der Waals surface area contributed by atoms with Crippen LogP contribution in [0.4, 0.5) is 4.39 Å². The molecule has 134 valence electrons. The molecule has 2 aromatic carbocycles. The highest BCUT2D eigenvalue weighted by Gasteiger charge is 2.17. The Kier molecular flexibility index (Phi) is 6.82. The molecular formula is C19H22Cl2FN3. The molecule has 2 heterocycles. The number of halogens is 3. The Balaban J connectivity index is 0.00000113. The average Bonchev–Trinajstić information content (AvgIpc) is 3.19. The molecule has 3 aromatic rings. The van der Waals surface area contributed by atoms with Crippen LogP contribution in [0.5, 0.6) is 0 Å². The molecule has 0 spiro atoms. The van der Waals surface area contributed by atoms with E-state index in [1.165, 1.54) is 25.0 Å². The van der Waals surface area contributed by atoms with E-state index in [1.807, 2.05) is 24.3 Å². The van der Waals surface area contributed by atoms with Crippen LogP contribution in [0, 0.1) is 5.82 Å². The quantitative estimate of drug-likeness (QED) is 0.654. The monoisotopic (exact) mass is 381 g/mol. The van der Waals surface area contributed by atoms with Crippen LogP contribution < -0.4 is 0 Å². The average molecular weight is 382 g/mol. The number of para-hydroxylation sites is 2. The minimum Gasteiger partial charge on any atom is -0.322 e. The molecule has 6 heteroatoms. The number of likely N-dealkylation sites (tertiary alicyclic amines) is 1. The van der Waals surface area contributed by atoms with E-state index in [9.17, 15) is 4.39 Å². The maximum absolute atomic E-state index is 13.1. The molecule has 1 aliphatic heterocycles. The van der Waals surface area contributed by atoms with Gasteiger partial charge >= 0.3 is 0 Å². The predicted octanol–water partition coefficient (Wildman–Crippen LogP) is 4.66. The molecule has 0 atom stereocenters. The van der Waals surface area contributed by atoms with Crippen molar-refractivity contribution < 1.29 is 4.39 Å². The zero-order valence-electron chi connectivity index (χ0n) is 13.9. The Morgan fingerprint density at radius 2 is 1.56 bits per heavy atom. The van der Waals surface area contributed by atoms with Gasteiger partial charge in [-0.3, -0.25) is 4.90 Å². The summed E-state index contributed by atoms with van der Waals surface area (Å²) in [6.45, 7) is 3.92. The molecule has 0 bridgehead atoms. The first-order chi connectivity index (χ1) is 11.3. The van der Waals surface area contributed by atoms with Crippen molar-refractivity contribution in [3.63, 3.8) is 0 Å². The van der Waals surface area contributed by atoms with E-state index in [2.05, 4.69) is 21.6 Å². The van der Waals surface area contributed by atoms with Gasteiger partial charge in [0.25, 0.3) is 0 Å². The van der Waals surface area contributed by atoms with Gasteiger partial charge in [-0.15, -0.1) is 24.8 Å². The van der Waals surface area contributed by atoms with E-state index in [1.54, 1.807) is 0 Å². The topological polar surface area (TPSA) is 21.1 Å². The number of benzene rings is 2. The lowest BCUT2D eigenvalue weighted by molar-refractivity contribution is 0.318. The van der Waals surface area contributed by atoms with Crippen LogP contribution in [0.15, 0.2) is 48.5 Å². The van der Waals surface area contributed by atoms with E-state index >= 15 is 0 Å². The van der Waals surface area contributed by atoms with Crippen LogP contribution in [0.1, 0.15) is 24.2 Å². The SMILES string of the molecule is Cl.Cl.Fc1ccc(Cn2c(CN3CCCC3)nc3ccccc32)cc1. The number of hydrogen-bond donors (Lipinski definition) is 0. The van der Waals surface area contributed by atoms with Crippen LogP contribution in [0.2, 0.25) is 0 Å². The van der Waals surface area contributed by atoms with Crippen molar-refractivity contribution in [1.82, 2.24) is 14.5 Å². The third kappa shape index (κ3) is 4.32. The summed E-state index contributed by atoms with van der Waals surface area (Å²) in [7, 11) is 0. The molecule has 1 saturated heterocycles. The second-order valence-corrected chi connectivity index (χ2v) is 6.21. The van der Waals surface area contributed by atoms with Gasteiger partial charge in [0.1, 0.15) is 11.6 Å². The summed E-state index contributed by atoms with van der Waals surface area (Å²) in [5.41, 5.74) is 3.27. The lowest BCUT2D eigenvalue weighted by atomic mass is 10.2. The van der Waals surface area contributed by atoms with Gasteiger partial charge in [-0.05, 0) is 55.8 Å². The Labute approximate surface area is 159 Å². The van der Waals surface area contributed by atoms with Crippen LogP contribution in [0.3, 0.4) is 0 Å². The highest BCUT2D eigenvalue weighted by molar-refractivity contribution is 5.85. The van der Waals surface area contributed by atoms with E-state index in [4.69, 9.17) is 4.98 Å². The Hall–Kier alpha value is -1.62. The maximum Gasteiger partial charge on any atom is 0.124 e. The molecule has 4 rings (SSSR count). The molecule has 0 radical (unpaired) electrons. The van der Waals surface area contributed by atoms with Crippen LogP contribution in [-0.2, 0) is 13.1 Å². The molecule has 0 unspecified atom stereocenters. The molecule has 1 aliphatic rings. The summed E-state index contributed by atoms with van der Waals surface area (Å²) in [4.78, 5) is 7.30. The third-order valence-corrected chi connectivity index (χ3v) is 4.55. The molecule has 25 heavy (non-hydrogen) atoms. The van der Waals surface area contributed by atoms with Gasteiger partial charge in [-0.1, -0.05) is 24.3 Å². The second kappa shape index (κ2) is 8.65. The number of hydrogen-bond acceptors (Lipinski definition) is 2. The fourth-order valence-corrected chi connectivity index (χ4v) is 3.34. The number of imidazole rings is 1. The Morgan fingerprint density at radius 1 is 0.880 bits per heavy atom. The van der Waals surface area contributed by atoms with Crippen molar-refractivity contribution in [1.29, 1.82) is 0 Å². The van der Waals surface area contributed by atoms with E-state index < -0.39 is 0 Å². The largest absolute Gasteiger partial charge is 0.322 e. The first-order valence-corrected chi connectivity index (χ1v) is 8.20. The number of nitrogens with zero attached hydrogens (tertiary/aromatic N) is 3. The van der Waals surface area contributed by atoms with Gasteiger partial charge in [-0.25, -0.2) is 9.37 Å². The van der Waals surface area contributed by atoms with Crippen LogP contribution in [0.25, 0.3) is 11.0 Å². The van der Waals surface area contributed by atoms with Gasteiger partial charge < -0.3 is 4.57 Å². The molecule has 0 amide bonds. The first kappa shape index (κ1) is 19.7. The summed E-state index contributed by atoms with van der Waals surface area (Å²) < 4.78 is 15.4. The maximum atomic E-state index is 13.1. The first-order valence-electron chi connectivity index (χ1n) is 8.20. The fourth-order valence-electron chi connectivity index (χ4n) is 3.34. The molecule has 0 aliphatic carbocycles. The zero-order valence-corrected chi connectivity index (χ0v) is 15.5. The minimum absolute atomic E-state index is 0. The molecule has 3 nitrogen and oxygen atoms in total. The summed E-state index contributed by atoms with van der Waals surface area (Å²) in [5.74, 6) is 0.902. The minimum atomic E-state index is -0.193. The van der Waals surface area contributed by atoms with E-state index in [0.717, 1.165) is 48.6 Å². The Bertz CT molecular complexity index is 811. The van der Waals surface area contributed by atoms with Crippen LogP contribution in [-0.4, -0.2) is 27.5 Å². The molecular weight excluding hydrogens is 360 g/mol. The molecule has 1 fully saturated rings. The highest BCUT2D eigenvalue weighted by atomic mass is 35.5. The summed E-state index contributed by atoms with van der Waals surface area (Å²) >= 11 is 0. The lowest BCUT2D eigenvalue weighted by Crippen LogP contribution is -2.21. The van der Waals surface area contributed by atoms with Crippen molar-refractivity contribution in [3.8, 4) is 0 Å². The standard InChI is InChI=1S/C19H20FN3.2ClH/c20-16-9-7-15(8-10-16)13-23-18-6-2-1-5-17(18)21-19(23)14-22-11-3-4-12-22;;/h1-2,5-10H,3-4,11-14H2;2*1H. The summed E-state index contributed by atoms with van der Waals surface area (Å²) in [6, 6.07) is 15.0. The van der Waals surface area contributed by atoms with Crippen molar-refractivity contribution >= 4 is 35.8 Å². The third-order valence-electron chi connectivity index (χ3n) is 4.55. The van der Waals surface area contributed by atoms with Crippen LogP contribution >= 0.6 is 24.8 Å². The summed E-state index contributed by atoms with van der Waals surface area (Å²) in [6.07, 6.45) is 2.55. The molecule has 0 saturated carbocycles. The van der Waals surface area contributed by atoms with Crippen molar-refractivity contribution in [2.75, 3.05) is 13.1 Å². The predicted molar refractivity (Wildman–Crippen MR) is 104 cm³/mol. The molecule has 0 N–H and O–H groups in total. The van der Waals surface area contributed by atoms with Crippen molar-refractivity contribution in [3.05, 3.63) is 65.7 Å². The van der Waals surface area contributed by atoms with Crippen molar-refractivity contribution in [2.24, 2.45) is 0 Å². The Morgan fingerprint density at radius 3 is 2.28 bits per heavy atom. The van der Waals surface area contributed by atoms with Gasteiger partial charge in [0.2, 0.25) is 0 Å². The van der Waals surface area contributed by atoms with Crippen molar-refractivity contribution in [2.45, 2.75) is 25.9 Å². The van der Waals surface area contributed by atoms with Gasteiger partial charge in [-0.2, -0.15) is 0 Å². The summed E-state index contributed by atoms with van der Waals surface area (Å²) in [5, 5.41) is 0. The number of fused-ring (bicyclic) bond motifs is 1. The van der Waals surface area contributed by atoms with Gasteiger partial charge in [0, 0.05) is 6.54 Å². The van der Waals surface area contributed by atoms with Gasteiger partial charge in [0.05, 0.1) is 17.6 Å². The highest BCUT2D eigenvalue weighted by Crippen LogP contribution is 2.21. The van der Waals surface area contributed by atoms with E-state index in [0.29, 0.717) is 0 Å². The second-order valence-electron chi connectivity index (χ2n) is 6.21. The smallest absolute Gasteiger partial charge is 0.124 e. The van der Waals surface area contributed by atoms with Gasteiger partial charge in [0.15, 0.2) is 0 Å². The number of aromatic nitrogens is 2. The van der Waals surface area contributed by atoms with E-state index in [-0.39, 0.29) is 30.6 Å². The fraction of sp³-hybridized carbons (Fsp3) is 0.316. The molecule has 1 aromatic heterocycles. The number of rotatable bonds is 4. The normalized spacial score (nSPS) is 14.3. The lowest BCUT2D eigenvalue weighted by Gasteiger charge is -2.16. The zero-order chi connectivity index (χ0) is 15.6.